The Labute approximate surface area is 180 Å². The van der Waals surface area contributed by atoms with Crippen LogP contribution in [0.4, 0.5) is 10.1 Å². The van der Waals surface area contributed by atoms with Gasteiger partial charge in [0.05, 0.1) is 0 Å². The van der Waals surface area contributed by atoms with Crippen molar-refractivity contribution in [2.24, 2.45) is 0 Å². The monoisotopic (exact) mass is 407 g/mol. The van der Waals surface area contributed by atoms with Gasteiger partial charge in [0, 0.05) is 28.7 Å². The summed E-state index contributed by atoms with van der Waals surface area (Å²) < 4.78 is 20.2. The summed E-state index contributed by atoms with van der Waals surface area (Å²) in [6.07, 6.45) is 0. The van der Waals surface area contributed by atoms with Gasteiger partial charge in [0.2, 0.25) is 0 Å². The molecule has 5 aromatic carbocycles. The second kappa shape index (κ2) is 8.49. The minimum atomic E-state index is -0.251. The lowest BCUT2D eigenvalue weighted by atomic mass is 10.0. The molecular formula is C28H22FNO. The number of hydrogen-bond acceptors (Lipinski definition) is 2. The van der Waals surface area contributed by atoms with E-state index in [-0.39, 0.29) is 12.4 Å². The van der Waals surface area contributed by atoms with Crippen LogP contribution >= 0.6 is 0 Å². The maximum atomic E-state index is 14.1. The summed E-state index contributed by atoms with van der Waals surface area (Å²) in [7, 11) is 0. The van der Waals surface area contributed by atoms with Crippen molar-refractivity contribution in [1.82, 2.24) is 0 Å². The standard InChI is InChI=1S/C28H22FNO/c29-26-14-6-3-10-22(26)19-31-28-17-16-21-9-1-4-12-23(21)25(28)18-30-27-15-7-11-20-8-2-5-13-24(20)27/h1-17,30H,18-19H2. The molecule has 0 aliphatic heterocycles. The lowest BCUT2D eigenvalue weighted by molar-refractivity contribution is 0.297. The molecule has 0 aromatic heterocycles. The molecule has 0 heterocycles. The topological polar surface area (TPSA) is 21.3 Å². The van der Waals surface area contributed by atoms with E-state index in [4.69, 9.17) is 4.74 Å². The second-order valence-electron chi connectivity index (χ2n) is 7.52. The van der Waals surface area contributed by atoms with Crippen LogP contribution in [0.1, 0.15) is 11.1 Å². The second-order valence-corrected chi connectivity index (χ2v) is 7.52. The Kier molecular flexibility index (Phi) is 5.24. The van der Waals surface area contributed by atoms with Gasteiger partial charge in [-0.05, 0) is 34.4 Å². The number of benzene rings is 5. The smallest absolute Gasteiger partial charge is 0.129 e. The Hall–Kier alpha value is -3.85. The molecule has 0 unspecified atom stereocenters. The molecule has 2 nitrogen and oxygen atoms in total. The molecule has 31 heavy (non-hydrogen) atoms. The molecule has 0 aliphatic carbocycles. The van der Waals surface area contributed by atoms with Crippen LogP contribution in [-0.4, -0.2) is 0 Å². The Morgan fingerprint density at radius 2 is 1.32 bits per heavy atom. The average molecular weight is 407 g/mol. The molecule has 0 bridgehead atoms. The lowest BCUT2D eigenvalue weighted by Gasteiger charge is -2.17. The average Bonchev–Trinajstić information content (AvgIpc) is 2.82. The Morgan fingerprint density at radius 3 is 2.16 bits per heavy atom. The zero-order chi connectivity index (χ0) is 21.0. The maximum Gasteiger partial charge on any atom is 0.129 e. The molecule has 0 atom stereocenters. The quantitative estimate of drug-likeness (QED) is 0.318. The van der Waals surface area contributed by atoms with E-state index in [1.807, 2.05) is 42.5 Å². The predicted molar refractivity (Wildman–Crippen MR) is 126 cm³/mol. The highest BCUT2D eigenvalue weighted by molar-refractivity contribution is 5.94. The number of halogens is 1. The van der Waals surface area contributed by atoms with Gasteiger partial charge >= 0.3 is 0 Å². The molecule has 0 fully saturated rings. The largest absolute Gasteiger partial charge is 0.488 e. The fourth-order valence-electron chi connectivity index (χ4n) is 3.97. The molecule has 152 valence electrons. The maximum absolute atomic E-state index is 14.1. The molecule has 0 saturated carbocycles. The molecule has 0 spiro atoms. The summed E-state index contributed by atoms with van der Waals surface area (Å²) in [5.41, 5.74) is 2.68. The Balaban J connectivity index is 1.48. The van der Waals surface area contributed by atoms with Gasteiger partial charge in [-0.1, -0.05) is 84.9 Å². The van der Waals surface area contributed by atoms with Crippen LogP contribution in [0.2, 0.25) is 0 Å². The van der Waals surface area contributed by atoms with Gasteiger partial charge in [0.25, 0.3) is 0 Å². The minimum Gasteiger partial charge on any atom is -0.488 e. The van der Waals surface area contributed by atoms with E-state index >= 15 is 0 Å². The molecule has 0 aliphatic rings. The van der Waals surface area contributed by atoms with Crippen molar-refractivity contribution in [2.75, 3.05) is 5.32 Å². The third-order valence-corrected chi connectivity index (χ3v) is 5.58. The number of fused-ring (bicyclic) bond motifs is 2. The van der Waals surface area contributed by atoms with Crippen LogP contribution in [0.3, 0.4) is 0 Å². The van der Waals surface area contributed by atoms with E-state index in [0.29, 0.717) is 12.1 Å². The highest BCUT2D eigenvalue weighted by atomic mass is 19.1. The van der Waals surface area contributed by atoms with Crippen molar-refractivity contribution in [1.29, 1.82) is 0 Å². The number of hydrogen-bond donors (Lipinski definition) is 1. The number of anilines is 1. The van der Waals surface area contributed by atoms with Crippen molar-refractivity contribution >= 4 is 27.2 Å². The SMILES string of the molecule is Fc1ccccc1COc1ccc2ccccc2c1CNc1cccc2ccccc12. The van der Waals surface area contributed by atoms with Gasteiger partial charge in [0.15, 0.2) is 0 Å². The van der Waals surface area contributed by atoms with Crippen LogP contribution < -0.4 is 10.1 Å². The van der Waals surface area contributed by atoms with E-state index < -0.39 is 0 Å². The summed E-state index contributed by atoms with van der Waals surface area (Å²) in [5.74, 6) is 0.508. The van der Waals surface area contributed by atoms with Gasteiger partial charge in [-0.3, -0.25) is 0 Å². The van der Waals surface area contributed by atoms with Crippen molar-refractivity contribution in [2.45, 2.75) is 13.2 Å². The fraction of sp³-hybridized carbons (Fsp3) is 0.0714. The zero-order valence-electron chi connectivity index (χ0n) is 17.0. The summed E-state index contributed by atoms with van der Waals surface area (Å²) in [4.78, 5) is 0. The van der Waals surface area contributed by atoms with Crippen molar-refractivity contribution < 1.29 is 9.13 Å². The summed E-state index contributed by atoms with van der Waals surface area (Å²) in [6, 6.07) is 33.6. The van der Waals surface area contributed by atoms with Crippen molar-refractivity contribution in [3.8, 4) is 5.75 Å². The molecule has 0 amide bonds. The molecular weight excluding hydrogens is 385 g/mol. The highest BCUT2D eigenvalue weighted by Gasteiger charge is 2.11. The lowest BCUT2D eigenvalue weighted by Crippen LogP contribution is -2.05. The zero-order valence-corrected chi connectivity index (χ0v) is 17.0. The fourth-order valence-corrected chi connectivity index (χ4v) is 3.97. The van der Waals surface area contributed by atoms with Crippen LogP contribution in [0.25, 0.3) is 21.5 Å². The third-order valence-electron chi connectivity index (χ3n) is 5.58. The molecule has 0 saturated heterocycles. The van der Waals surface area contributed by atoms with E-state index in [0.717, 1.165) is 27.8 Å². The number of nitrogens with one attached hydrogen (secondary N) is 1. The summed E-state index contributed by atoms with van der Waals surface area (Å²) in [5, 5.41) is 8.24. The predicted octanol–water partition coefficient (Wildman–Crippen LogP) is 7.32. The van der Waals surface area contributed by atoms with Gasteiger partial charge in [-0.25, -0.2) is 4.39 Å². The third kappa shape index (κ3) is 3.95. The first-order valence-corrected chi connectivity index (χ1v) is 10.4. The van der Waals surface area contributed by atoms with E-state index in [9.17, 15) is 4.39 Å². The van der Waals surface area contributed by atoms with Crippen LogP contribution in [-0.2, 0) is 13.2 Å². The van der Waals surface area contributed by atoms with Crippen molar-refractivity contribution in [3.05, 3.63) is 120 Å². The Morgan fingerprint density at radius 1 is 0.645 bits per heavy atom. The molecule has 5 aromatic rings. The van der Waals surface area contributed by atoms with E-state index in [2.05, 4.69) is 47.8 Å². The first kappa shape index (κ1) is 19.1. The normalized spacial score (nSPS) is 11.0. The van der Waals surface area contributed by atoms with Crippen molar-refractivity contribution in [3.63, 3.8) is 0 Å². The number of rotatable bonds is 6. The molecule has 1 N–H and O–H groups in total. The van der Waals surface area contributed by atoms with Crippen LogP contribution in [0.15, 0.2) is 103 Å². The van der Waals surface area contributed by atoms with E-state index in [1.54, 1.807) is 12.1 Å². The van der Waals surface area contributed by atoms with Crippen LogP contribution in [0, 0.1) is 5.82 Å². The molecule has 5 rings (SSSR count). The van der Waals surface area contributed by atoms with Gasteiger partial charge in [-0.2, -0.15) is 0 Å². The summed E-state index contributed by atoms with van der Waals surface area (Å²) >= 11 is 0. The summed E-state index contributed by atoms with van der Waals surface area (Å²) in [6.45, 7) is 0.786. The first-order valence-electron chi connectivity index (χ1n) is 10.4. The van der Waals surface area contributed by atoms with Gasteiger partial charge in [-0.15, -0.1) is 0 Å². The van der Waals surface area contributed by atoms with Gasteiger partial charge < -0.3 is 10.1 Å². The Bertz CT molecular complexity index is 1360. The first-order chi connectivity index (χ1) is 15.3. The van der Waals surface area contributed by atoms with E-state index in [1.165, 1.54) is 16.8 Å². The van der Waals surface area contributed by atoms with Gasteiger partial charge in [0.1, 0.15) is 18.2 Å². The molecule has 0 radical (unpaired) electrons. The highest BCUT2D eigenvalue weighted by Crippen LogP contribution is 2.31. The van der Waals surface area contributed by atoms with Crippen LogP contribution in [0.5, 0.6) is 5.75 Å². The number of ether oxygens (including phenoxy) is 1. The minimum absolute atomic E-state index is 0.187. The molecule has 3 heteroatoms.